The molecule has 0 atom stereocenters. The van der Waals surface area contributed by atoms with Crippen LogP contribution in [0, 0.1) is 32.1 Å². The van der Waals surface area contributed by atoms with Crippen LogP contribution in [0.25, 0.3) is 0 Å². The molecule has 1 aromatic heterocycles. The third-order valence-corrected chi connectivity index (χ3v) is 8.18. The lowest BCUT2D eigenvalue weighted by Gasteiger charge is -2.26. The highest BCUT2D eigenvalue weighted by Gasteiger charge is 2.27. The van der Waals surface area contributed by atoms with Crippen LogP contribution in [0.15, 0.2) is 34.2 Å². The molecule has 0 unspecified atom stereocenters. The quantitative estimate of drug-likeness (QED) is 0.661. The molecule has 0 aliphatic carbocycles. The van der Waals surface area contributed by atoms with Crippen molar-refractivity contribution in [1.29, 1.82) is 5.26 Å². The molecule has 1 saturated heterocycles. The minimum Gasteiger partial charge on any atom is -0.325 e. The van der Waals surface area contributed by atoms with Crippen molar-refractivity contribution in [3.8, 4) is 6.07 Å². The normalized spacial score (nSPS) is 14.8. The average molecular weight is 459 g/mol. The molecule has 3 rings (SSSR count). The number of nitriles is 1. The molecular weight excluding hydrogens is 432 g/mol. The third-order valence-electron chi connectivity index (χ3n) is 5.17. The van der Waals surface area contributed by atoms with E-state index in [1.165, 1.54) is 22.1 Å². The molecule has 0 saturated carbocycles. The van der Waals surface area contributed by atoms with Crippen LogP contribution >= 0.6 is 11.8 Å². The molecule has 2 heterocycles. The molecule has 0 bridgehead atoms. The van der Waals surface area contributed by atoms with Crippen LogP contribution in [-0.2, 0) is 14.8 Å². The van der Waals surface area contributed by atoms with Gasteiger partial charge in [0.15, 0.2) is 0 Å². The number of aromatic nitrogens is 1. The van der Waals surface area contributed by atoms with Crippen molar-refractivity contribution in [3.63, 3.8) is 0 Å². The van der Waals surface area contributed by atoms with Gasteiger partial charge in [-0.2, -0.15) is 9.57 Å². The van der Waals surface area contributed by atoms with Gasteiger partial charge in [0, 0.05) is 24.5 Å². The van der Waals surface area contributed by atoms with Gasteiger partial charge >= 0.3 is 0 Å². The maximum Gasteiger partial charge on any atom is 0.243 e. The van der Waals surface area contributed by atoms with E-state index in [4.69, 9.17) is 0 Å². The molecule has 0 radical (unpaired) electrons. The number of nitrogens with one attached hydrogen (secondary N) is 1. The monoisotopic (exact) mass is 458 g/mol. The van der Waals surface area contributed by atoms with E-state index in [0.717, 1.165) is 30.5 Å². The lowest BCUT2D eigenvalue weighted by molar-refractivity contribution is -0.113. The number of carbonyl (C=O) groups excluding carboxylic acids is 1. The number of rotatable bonds is 6. The summed E-state index contributed by atoms with van der Waals surface area (Å²) in [6, 6.07) is 8.90. The van der Waals surface area contributed by atoms with Crippen LogP contribution in [-0.4, -0.2) is 42.5 Å². The predicted octanol–water partition coefficient (Wildman–Crippen LogP) is 3.78. The minimum atomic E-state index is -3.59. The minimum absolute atomic E-state index is 0.0622. The van der Waals surface area contributed by atoms with Crippen molar-refractivity contribution in [2.45, 2.75) is 50.0 Å². The van der Waals surface area contributed by atoms with Crippen LogP contribution in [0.5, 0.6) is 0 Å². The van der Waals surface area contributed by atoms with Gasteiger partial charge in [-0.05, 0) is 62.9 Å². The summed E-state index contributed by atoms with van der Waals surface area (Å²) >= 11 is 1.19. The molecule has 1 aliphatic heterocycles. The Morgan fingerprint density at radius 1 is 1.16 bits per heavy atom. The number of sulfonamides is 1. The number of carbonyl (C=O) groups is 1. The lowest BCUT2D eigenvalue weighted by atomic mass is 10.1. The Morgan fingerprint density at radius 2 is 1.87 bits per heavy atom. The maximum absolute atomic E-state index is 13.1. The van der Waals surface area contributed by atoms with Gasteiger partial charge in [0.25, 0.3) is 0 Å². The van der Waals surface area contributed by atoms with Crippen molar-refractivity contribution in [1.82, 2.24) is 9.29 Å². The zero-order valence-electron chi connectivity index (χ0n) is 17.9. The molecule has 0 spiro atoms. The van der Waals surface area contributed by atoms with E-state index in [-0.39, 0.29) is 16.6 Å². The molecule has 1 N–H and O–H groups in total. The molecule has 164 valence electrons. The molecule has 1 amide bonds. The molecular formula is C22H26N4O3S2. The number of thioether (sulfide) groups is 1. The molecule has 1 fully saturated rings. The standard InChI is InChI=1S/C22H26N4O3S2/c1-15-7-8-18(12-20(15)31(28,29)26-9-5-4-6-10-26)25-21(27)14-30-22-19(13-23)16(2)11-17(3)24-22/h7-8,11-12H,4-6,9-10,14H2,1-3H3,(H,25,27). The first-order valence-electron chi connectivity index (χ1n) is 10.1. The van der Waals surface area contributed by atoms with Gasteiger partial charge in [0.2, 0.25) is 15.9 Å². The number of anilines is 1. The van der Waals surface area contributed by atoms with Crippen molar-refractivity contribution in [2.24, 2.45) is 0 Å². The van der Waals surface area contributed by atoms with Crippen LogP contribution in [0.1, 0.15) is 41.6 Å². The summed E-state index contributed by atoms with van der Waals surface area (Å²) in [6.07, 6.45) is 2.77. The van der Waals surface area contributed by atoms with Gasteiger partial charge in [0.1, 0.15) is 11.1 Å². The Balaban J connectivity index is 1.73. The number of piperidine rings is 1. The van der Waals surface area contributed by atoms with Gasteiger partial charge in [-0.25, -0.2) is 13.4 Å². The average Bonchev–Trinajstić information content (AvgIpc) is 2.74. The Labute approximate surface area is 187 Å². The Kier molecular flexibility index (Phi) is 7.36. The summed E-state index contributed by atoms with van der Waals surface area (Å²) < 4.78 is 27.6. The molecule has 31 heavy (non-hydrogen) atoms. The molecule has 2 aromatic rings. The number of amides is 1. The number of hydrogen-bond acceptors (Lipinski definition) is 6. The van der Waals surface area contributed by atoms with Crippen LogP contribution in [0.2, 0.25) is 0 Å². The second-order valence-electron chi connectivity index (χ2n) is 7.65. The molecule has 9 heteroatoms. The first-order chi connectivity index (χ1) is 14.7. The zero-order chi connectivity index (χ0) is 22.6. The highest BCUT2D eigenvalue weighted by Crippen LogP contribution is 2.27. The predicted molar refractivity (Wildman–Crippen MR) is 122 cm³/mol. The fraction of sp³-hybridized carbons (Fsp3) is 0.409. The van der Waals surface area contributed by atoms with Crippen molar-refractivity contribution in [2.75, 3.05) is 24.2 Å². The van der Waals surface area contributed by atoms with Gasteiger partial charge in [-0.1, -0.05) is 24.2 Å². The number of pyridine rings is 1. The second-order valence-corrected chi connectivity index (χ2v) is 10.5. The topological polar surface area (TPSA) is 103 Å². The van der Waals surface area contributed by atoms with E-state index in [2.05, 4.69) is 16.4 Å². The Morgan fingerprint density at radius 3 is 2.55 bits per heavy atom. The van der Waals surface area contributed by atoms with Gasteiger partial charge < -0.3 is 5.32 Å². The molecule has 1 aliphatic rings. The van der Waals surface area contributed by atoms with E-state index in [1.807, 2.05) is 19.9 Å². The third kappa shape index (κ3) is 5.45. The Hall–Kier alpha value is -2.41. The first-order valence-corrected chi connectivity index (χ1v) is 12.6. The number of aryl methyl sites for hydroxylation is 3. The summed E-state index contributed by atoms with van der Waals surface area (Å²) in [6.45, 7) is 6.49. The largest absolute Gasteiger partial charge is 0.325 e. The number of nitrogens with zero attached hydrogens (tertiary/aromatic N) is 3. The summed E-state index contributed by atoms with van der Waals surface area (Å²) in [5.74, 6) is -0.229. The highest BCUT2D eigenvalue weighted by molar-refractivity contribution is 8.00. The van der Waals surface area contributed by atoms with E-state index in [1.54, 1.807) is 19.1 Å². The number of hydrogen-bond donors (Lipinski definition) is 1. The van der Waals surface area contributed by atoms with Crippen LogP contribution < -0.4 is 5.32 Å². The lowest BCUT2D eigenvalue weighted by Crippen LogP contribution is -2.36. The summed E-state index contributed by atoms with van der Waals surface area (Å²) in [7, 11) is -3.59. The SMILES string of the molecule is Cc1cc(C)c(C#N)c(SCC(=O)Nc2ccc(C)c(S(=O)(=O)N3CCCCC3)c2)n1. The van der Waals surface area contributed by atoms with Crippen LogP contribution in [0.3, 0.4) is 0 Å². The van der Waals surface area contributed by atoms with Gasteiger partial charge in [-0.3, -0.25) is 4.79 Å². The van der Waals surface area contributed by atoms with Gasteiger partial charge in [-0.15, -0.1) is 0 Å². The van der Waals surface area contributed by atoms with Crippen molar-refractivity contribution >= 4 is 33.4 Å². The second kappa shape index (κ2) is 9.81. The molecule has 1 aromatic carbocycles. The molecule has 7 nitrogen and oxygen atoms in total. The van der Waals surface area contributed by atoms with E-state index >= 15 is 0 Å². The van der Waals surface area contributed by atoms with Gasteiger partial charge in [0.05, 0.1) is 16.2 Å². The van der Waals surface area contributed by atoms with E-state index < -0.39 is 10.0 Å². The van der Waals surface area contributed by atoms with E-state index in [0.29, 0.717) is 34.9 Å². The van der Waals surface area contributed by atoms with Crippen molar-refractivity contribution in [3.05, 3.63) is 46.6 Å². The summed E-state index contributed by atoms with van der Waals surface area (Å²) in [5.41, 5.74) is 3.15. The fourth-order valence-corrected chi connectivity index (χ4v) is 6.24. The summed E-state index contributed by atoms with van der Waals surface area (Å²) in [4.78, 5) is 17.1. The smallest absolute Gasteiger partial charge is 0.243 e. The zero-order valence-corrected chi connectivity index (χ0v) is 19.6. The van der Waals surface area contributed by atoms with Crippen LogP contribution in [0.4, 0.5) is 5.69 Å². The Bertz CT molecular complexity index is 1130. The summed E-state index contributed by atoms with van der Waals surface area (Å²) in [5, 5.41) is 12.7. The van der Waals surface area contributed by atoms with E-state index in [9.17, 15) is 18.5 Å². The highest BCUT2D eigenvalue weighted by atomic mass is 32.2. The van der Waals surface area contributed by atoms with Crippen molar-refractivity contribution < 1.29 is 13.2 Å². The number of benzene rings is 1. The fourth-order valence-electron chi connectivity index (χ4n) is 3.57. The first kappa shape index (κ1) is 23.3. The maximum atomic E-state index is 13.1.